The van der Waals surface area contributed by atoms with Crippen LogP contribution < -0.4 is 24.4 Å². The number of carbonyl (C=O) groups excluding carboxylic acids is 2. The van der Waals surface area contributed by atoms with Crippen molar-refractivity contribution in [3.63, 3.8) is 0 Å². The summed E-state index contributed by atoms with van der Waals surface area (Å²) in [4.78, 5) is 27.3. The van der Waals surface area contributed by atoms with E-state index in [0.717, 1.165) is 24.1 Å². The summed E-state index contributed by atoms with van der Waals surface area (Å²) in [6.45, 7) is 7.55. The van der Waals surface area contributed by atoms with Gasteiger partial charge in [0, 0.05) is 30.6 Å². The Morgan fingerprint density at radius 3 is 2.24 bits per heavy atom. The van der Waals surface area contributed by atoms with Gasteiger partial charge in [0.25, 0.3) is 11.8 Å². The molecule has 178 valence electrons. The predicted molar refractivity (Wildman–Crippen MR) is 127 cm³/mol. The summed E-state index contributed by atoms with van der Waals surface area (Å²) in [6.07, 6.45) is 1.77. The number of carbonyl (C=O) groups is 2. The molecule has 0 saturated heterocycles. The van der Waals surface area contributed by atoms with Crippen LogP contribution in [-0.4, -0.2) is 51.9 Å². The molecule has 3 rings (SSSR count). The number of amides is 2. The van der Waals surface area contributed by atoms with Crippen LogP contribution in [0.2, 0.25) is 0 Å². The minimum atomic E-state index is -0.314. The molecule has 0 atom stereocenters. The molecule has 8 nitrogen and oxygen atoms in total. The SMILES string of the molecule is CCOc1cc(C(=O)Nc2ccc3c(c2)N(C(=O)COC)CCC3)cc(OCC)c1OCC. The average molecular weight is 457 g/mol. The van der Waals surface area contributed by atoms with Gasteiger partial charge in [0.15, 0.2) is 11.5 Å². The van der Waals surface area contributed by atoms with Crippen molar-refractivity contribution >= 4 is 23.2 Å². The third-order valence-electron chi connectivity index (χ3n) is 5.20. The van der Waals surface area contributed by atoms with Gasteiger partial charge in [0.1, 0.15) is 6.61 Å². The van der Waals surface area contributed by atoms with Crippen molar-refractivity contribution in [1.82, 2.24) is 0 Å². The minimum Gasteiger partial charge on any atom is -0.490 e. The van der Waals surface area contributed by atoms with E-state index in [-0.39, 0.29) is 18.4 Å². The zero-order chi connectivity index (χ0) is 23.8. The smallest absolute Gasteiger partial charge is 0.255 e. The highest BCUT2D eigenvalue weighted by Gasteiger charge is 2.23. The van der Waals surface area contributed by atoms with Crippen LogP contribution in [0.15, 0.2) is 30.3 Å². The molecule has 8 heteroatoms. The number of nitrogens with one attached hydrogen (secondary N) is 1. The maximum absolute atomic E-state index is 13.1. The highest BCUT2D eigenvalue weighted by molar-refractivity contribution is 6.06. The van der Waals surface area contributed by atoms with Gasteiger partial charge in [-0.05, 0) is 63.4 Å². The second kappa shape index (κ2) is 11.6. The van der Waals surface area contributed by atoms with Crippen molar-refractivity contribution in [2.75, 3.05) is 50.3 Å². The first-order valence-electron chi connectivity index (χ1n) is 11.3. The maximum Gasteiger partial charge on any atom is 0.255 e. The monoisotopic (exact) mass is 456 g/mol. The lowest BCUT2D eigenvalue weighted by atomic mass is 10.0. The molecule has 2 aromatic carbocycles. The Labute approximate surface area is 194 Å². The molecule has 1 heterocycles. The first kappa shape index (κ1) is 24.4. The Morgan fingerprint density at radius 1 is 0.970 bits per heavy atom. The summed E-state index contributed by atoms with van der Waals surface area (Å²) >= 11 is 0. The third kappa shape index (κ3) is 5.76. The second-order valence-corrected chi connectivity index (χ2v) is 7.48. The molecule has 1 aliphatic heterocycles. The van der Waals surface area contributed by atoms with Gasteiger partial charge in [-0.2, -0.15) is 0 Å². The first-order valence-corrected chi connectivity index (χ1v) is 11.3. The molecule has 2 amide bonds. The fraction of sp³-hybridized carbons (Fsp3) is 0.440. The molecule has 0 aliphatic carbocycles. The average Bonchev–Trinajstić information content (AvgIpc) is 2.81. The molecule has 0 saturated carbocycles. The summed E-state index contributed by atoms with van der Waals surface area (Å²) in [5.41, 5.74) is 2.86. The lowest BCUT2D eigenvalue weighted by Crippen LogP contribution is -2.37. The van der Waals surface area contributed by atoms with E-state index in [1.807, 2.05) is 39.0 Å². The van der Waals surface area contributed by atoms with E-state index in [4.69, 9.17) is 18.9 Å². The van der Waals surface area contributed by atoms with Crippen LogP contribution in [-0.2, 0) is 16.0 Å². The van der Waals surface area contributed by atoms with E-state index in [1.165, 1.54) is 7.11 Å². The molecule has 1 aliphatic rings. The van der Waals surface area contributed by atoms with Gasteiger partial charge in [-0.1, -0.05) is 6.07 Å². The van der Waals surface area contributed by atoms with Gasteiger partial charge in [-0.25, -0.2) is 0 Å². The van der Waals surface area contributed by atoms with Crippen molar-refractivity contribution in [2.24, 2.45) is 0 Å². The number of hydrogen-bond donors (Lipinski definition) is 1. The number of methoxy groups -OCH3 is 1. The van der Waals surface area contributed by atoms with E-state index >= 15 is 0 Å². The molecule has 0 radical (unpaired) electrons. The summed E-state index contributed by atoms with van der Waals surface area (Å²) in [5.74, 6) is 0.981. The Hall–Kier alpha value is -3.26. The lowest BCUT2D eigenvalue weighted by Gasteiger charge is -2.30. The van der Waals surface area contributed by atoms with E-state index in [0.29, 0.717) is 54.9 Å². The molecule has 0 unspecified atom stereocenters. The fourth-order valence-electron chi connectivity index (χ4n) is 3.84. The molecule has 0 spiro atoms. The standard InChI is InChI=1S/C25H32N2O6/c1-5-31-21-13-18(14-22(32-6-2)24(21)33-7-3)25(29)26-19-11-10-17-9-8-12-27(20(17)15-19)23(28)16-30-4/h10-11,13-15H,5-9,12,16H2,1-4H3,(H,26,29). The number of ether oxygens (including phenoxy) is 4. The van der Waals surface area contributed by atoms with Gasteiger partial charge >= 0.3 is 0 Å². The van der Waals surface area contributed by atoms with Crippen molar-refractivity contribution < 1.29 is 28.5 Å². The van der Waals surface area contributed by atoms with Gasteiger partial charge in [-0.3, -0.25) is 9.59 Å². The van der Waals surface area contributed by atoms with Crippen LogP contribution in [0.1, 0.15) is 43.1 Å². The second-order valence-electron chi connectivity index (χ2n) is 7.48. The Balaban J connectivity index is 1.89. The van der Waals surface area contributed by atoms with E-state index in [1.54, 1.807) is 17.0 Å². The van der Waals surface area contributed by atoms with Gasteiger partial charge in [-0.15, -0.1) is 0 Å². The lowest BCUT2D eigenvalue weighted by molar-refractivity contribution is -0.122. The molecule has 1 N–H and O–H groups in total. The van der Waals surface area contributed by atoms with Crippen LogP contribution in [0, 0.1) is 0 Å². The van der Waals surface area contributed by atoms with Gasteiger partial charge in [0.05, 0.1) is 19.8 Å². The number of benzene rings is 2. The van der Waals surface area contributed by atoms with Crippen LogP contribution in [0.5, 0.6) is 17.2 Å². The molecule has 0 aromatic heterocycles. The number of fused-ring (bicyclic) bond motifs is 1. The van der Waals surface area contributed by atoms with Gasteiger partial charge in [0.2, 0.25) is 5.75 Å². The van der Waals surface area contributed by atoms with Crippen LogP contribution >= 0.6 is 0 Å². The van der Waals surface area contributed by atoms with E-state index < -0.39 is 0 Å². The fourth-order valence-corrected chi connectivity index (χ4v) is 3.84. The van der Waals surface area contributed by atoms with Crippen LogP contribution in [0.25, 0.3) is 0 Å². The van der Waals surface area contributed by atoms with Gasteiger partial charge < -0.3 is 29.2 Å². The largest absolute Gasteiger partial charge is 0.490 e. The molecule has 0 fully saturated rings. The van der Waals surface area contributed by atoms with E-state index in [2.05, 4.69) is 5.32 Å². The molecule has 2 aromatic rings. The summed E-state index contributed by atoms with van der Waals surface area (Å²) in [5, 5.41) is 2.93. The Morgan fingerprint density at radius 2 is 1.64 bits per heavy atom. The number of aryl methyl sites for hydroxylation is 1. The minimum absolute atomic E-state index is 0.0165. The highest BCUT2D eigenvalue weighted by atomic mass is 16.5. The molecular formula is C25H32N2O6. The topological polar surface area (TPSA) is 86.3 Å². The normalized spacial score (nSPS) is 12.7. The summed E-state index contributed by atoms with van der Waals surface area (Å²) in [7, 11) is 1.50. The first-order chi connectivity index (χ1) is 16.0. The number of nitrogens with zero attached hydrogens (tertiary/aromatic N) is 1. The summed E-state index contributed by atoms with van der Waals surface area (Å²) < 4.78 is 22.2. The number of hydrogen-bond acceptors (Lipinski definition) is 6. The van der Waals surface area contributed by atoms with Crippen LogP contribution in [0.3, 0.4) is 0 Å². The number of anilines is 2. The highest BCUT2D eigenvalue weighted by Crippen LogP contribution is 2.39. The van der Waals surface area contributed by atoms with Crippen molar-refractivity contribution in [3.05, 3.63) is 41.5 Å². The van der Waals surface area contributed by atoms with Crippen molar-refractivity contribution in [3.8, 4) is 17.2 Å². The van der Waals surface area contributed by atoms with Crippen molar-refractivity contribution in [1.29, 1.82) is 0 Å². The van der Waals surface area contributed by atoms with E-state index in [9.17, 15) is 9.59 Å². The van der Waals surface area contributed by atoms with Crippen LogP contribution in [0.4, 0.5) is 11.4 Å². The summed E-state index contributed by atoms with van der Waals surface area (Å²) in [6, 6.07) is 8.94. The Kier molecular flexibility index (Phi) is 8.54. The zero-order valence-electron chi connectivity index (χ0n) is 19.7. The zero-order valence-corrected chi connectivity index (χ0v) is 19.7. The predicted octanol–water partition coefficient (Wildman–Crippen LogP) is 4.06. The quantitative estimate of drug-likeness (QED) is 0.580. The number of rotatable bonds is 10. The van der Waals surface area contributed by atoms with Crippen molar-refractivity contribution in [2.45, 2.75) is 33.6 Å². The molecule has 0 bridgehead atoms. The Bertz CT molecular complexity index is 964. The molecular weight excluding hydrogens is 424 g/mol. The molecule has 33 heavy (non-hydrogen) atoms. The third-order valence-corrected chi connectivity index (χ3v) is 5.20. The maximum atomic E-state index is 13.1.